The Bertz CT molecular complexity index is 390. The number of rotatable bonds is 2. The van der Waals surface area contributed by atoms with Gasteiger partial charge in [0.25, 0.3) is 0 Å². The van der Waals surface area contributed by atoms with Crippen molar-refractivity contribution < 1.29 is 24.4 Å². The molecule has 0 fully saturated rings. The molecular weight excluding hydrogens is 212 g/mol. The summed E-state index contributed by atoms with van der Waals surface area (Å²) in [4.78, 5) is 0. The molecule has 88 valence electrons. The number of ether oxygens (including phenoxy) is 3. The van der Waals surface area contributed by atoms with Gasteiger partial charge in [-0.15, -0.1) is 0 Å². The molecular formula is C11H14O5. The molecule has 5 nitrogen and oxygen atoms in total. The summed E-state index contributed by atoms with van der Waals surface area (Å²) in [6.07, 6.45) is -1.87. The SMILES string of the molecule is COc1cc2c(cc1OC)[C@@H](O)[C@@H](O)CO2. The van der Waals surface area contributed by atoms with Crippen molar-refractivity contribution in [2.45, 2.75) is 12.2 Å². The van der Waals surface area contributed by atoms with E-state index in [1.54, 1.807) is 12.1 Å². The van der Waals surface area contributed by atoms with Gasteiger partial charge in [0, 0.05) is 11.6 Å². The first-order valence-corrected chi connectivity index (χ1v) is 4.92. The number of fused-ring (bicyclic) bond motifs is 1. The van der Waals surface area contributed by atoms with E-state index in [0.717, 1.165) is 0 Å². The zero-order valence-corrected chi connectivity index (χ0v) is 9.14. The van der Waals surface area contributed by atoms with Crippen LogP contribution in [0.3, 0.4) is 0 Å². The van der Waals surface area contributed by atoms with Crippen LogP contribution >= 0.6 is 0 Å². The number of benzene rings is 1. The van der Waals surface area contributed by atoms with E-state index in [1.807, 2.05) is 0 Å². The molecule has 0 aromatic heterocycles. The molecule has 1 aliphatic rings. The van der Waals surface area contributed by atoms with Gasteiger partial charge in [0.1, 0.15) is 24.6 Å². The van der Waals surface area contributed by atoms with Gasteiger partial charge in [-0.2, -0.15) is 0 Å². The van der Waals surface area contributed by atoms with Gasteiger partial charge in [0.2, 0.25) is 0 Å². The standard InChI is InChI=1S/C11H14O5/c1-14-9-3-6-8(4-10(9)15-2)16-5-7(12)11(6)13/h3-4,7,11-13H,5H2,1-2H3/t7-,11+/m0/s1. The van der Waals surface area contributed by atoms with Gasteiger partial charge in [0.05, 0.1) is 14.2 Å². The zero-order chi connectivity index (χ0) is 11.7. The monoisotopic (exact) mass is 226 g/mol. The van der Waals surface area contributed by atoms with Crippen LogP contribution in [-0.2, 0) is 0 Å². The van der Waals surface area contributed by atoms with Crippen molar-refractivity contribution in [2.24, 2.45) is 0 Å². The highest BCUT2D eigenvalue weighted by molar-refractivity contribution is 5.52. The molecule has 0 saturated carbocycles. The van der Waals surface area contributed by atoms with Gasteiger partial charge in [-0.1, -0.05) is 0 Å². The molecule has 16 heavy (non-hydrogen) atoms. The molecule has 1 heterocycles. The lowest BCUT2D eigenvalue weighted by molar-refractivity contribution is -0.0258. The summed E-state index contributed by atoms with van der Waals surface area (Å²) >= 11 is 0. The van der Waals surface area contributed by atoms with E-state index in [1.165, 1.54) is 14.2 Å². The number of hydrogen-bond donors (Lipinski definition) is 2. The molecule has 0 unspecified atom stereocenters. The minimum atomic E-state index is -0.955. The Labute approximate surface area is 93.2 Å². The first kappa shape index (κ1) is 11.0. The van der Waals surface area contributed by atoms with Crippen molar-refractivity contribution in [3.8, 4) is 17.2 Å². The number of aliphatic hydroxyl groups excluding tert-OH is 2. The normalized spacial score (nSPS) is 23.2. The van der Waals surface area contributed by atoms with Crippen molar-refractivity contribution >= 4 is 0 Å². The fraction of sp³-hybridized carbons (Fsp3) is 0.455. The Morgan fingerprint density at radius 1 is 1.19 bits per heavy atom. The summed E-state index contributed by atoms with van der Waals surface area (Å²) in [5.41, 5.74) is 0.511. The van der Waals surface area contributed by atoms with Crippen molar-refractivity contribution in [2.75, 3.05) is 20.8 Å². The second-order valence-electron chi connectivity index (χ2n) is 3.57. The van der Waals surface area contributed by atoms with Gasteiger partial charge in [-0.05, 0) is 6.07 Å². The summed E-state index contributed by atoms with van der Waals surface area (Å²) in [7, 11) is 3.04. The smallest absolute Gasteiger partial charge is 0.164 e. The molecule has 1 aliphatic heterocycles. The fourth-order valence-electron chi connectivity index (χ4n) is 1.71. The average Bonchev–Trinajstić information content (AvgIpc) is 2.32. The van der Waals surface area contributed by atoms with Crippen LogP contribution in [0.1, 0.15) is 11.7 Å². The lowest BCUT2D eigenvalue weighted by Gasteiger charge is -2.27. The molecule has 1 aromatic rings. The van der Waals surface area contributed by atoms with Crippen LogP contribution in [0.5, 0.6) is 17.2 Å². The number of aliphatic hydroxyl groups is 2. The lowest BCUT2D eigenvalue weighted by Crippen LogP contribution is -2.30. The van der Waals surface area contributed by atoms with E-state index < -0.39 is 12.2 Å². The molecule has 2 atom stereocenters. The molecule has 0 bridgehead atoms. The molecule has 0 spiro atoms. The maximum Gasteiger partial charge on any atom is 0.164 e. The van der Waals surface area contributed by atoms with E-state index >= 15 is 0 Å². The topological polar surface area (TPSA) is 68.2 Å². The summed E-state index contributed by atoms with van der Waals surface area (Å²) < 4.78 is 15.5. The lowest BCUT2D eigenvalue weighted by atomic mass is 10.0. The first-order chi connectivity index (χ1) is 7.67. The van der Waals surface area contributed by atoms with Gasteiger partial charge in [-0.25, -0.2) is 0 Å². The third-order valence-corrected chi connectivity index (χ3v) is 2.61. The largest absolute Gasteiger partial charge is 0.493 e. The molecule has 0 saturated heterocycles. The minimum absolute atomic E-state index is 0.0731. The van der Waals surface area contributed by atoms with Crippen LogP contribution in [0.2, 0.25) is 0 Å². The Morgan fingerprint density at radius 2 is 1.81 bits per heavy atom. The van der Waals surface area contributed by atoms with E-state index in [2.05, 4.69) is 0 Å². The van der Waals surface area contributed by atoms with Crippen molar-refractivity contribution in [3.05, 3.63) is 17.7 Å². The molecule has 0 aliphatic carbocycles. The van der Waals surface area contributed by atoms with Gasteiger partial charge >= 0.3 is 0 Å². The third-order valence-electron chi connectivity index (χ3n) is 2.61. The van der Waals surface area contributed by atoms with Crippen LogP contribution in [-0.4, -0.2) is 37.1 Å². The summed E-state index contributed by atoms with van der Waals surface area (Å²) in [5, 5.41) is 19.3. The quantitative estimate of drug-likeness (QED) is 0.768. The minimum Gasteiger partial charge on any atom is -0.493 e. The Kier molecular flexibility index (Phi) is 2.89. The highest BCUT2D eigenvalue weighted by Crippen LogP contribution is 2.40. The predicted molar refractivity (Wildman–Crippen MR) is 56.0 cm³/mol. The van der Waals surface area contributed by atoms with E-state index in [9.17, 15) is 10.2 Å². The van der Waals surface area contributed by atoms with Gasteiger partial charge in [-0.3, -0.25) is 0 Å². The van der Waals surface area contributed by atoms with Gasteiger partial charge < -0.3 is 24.4 Å². The van der Waals surface area contributed by atoms with Crippen LogP contribution in [0, 0.1) is 0 Å². The first-order valence-electron chi connectivity index (χ1n) is 4.92. The van der Waals surface area contributed by atoms with Crippen molar-refractivity contribution in [1.29, 1.82) is 0 Å². The molecule has 0 radical (unpaired) electrons. The van der Waals surface area contributed by atoms with Crippen LogP contribution in [0.15, 0.2) is 12.1 Å². The highest BCUT2D eigenvalue weighted by Gasteiger charge is 2.29. The molecule has 2 N–H and O–H groups in total. The van der Waals surface area contributed by atoms with E-state index in [0.29, 0.717) is 22.8 Å². The van der Waals surface area contributed by atoms with Crippen LogP contribution in [0.4, 0.5) is 0 Å². The fourth-order valence-corrected chi connectivity index (χ4v) is 1.71. The second-order valence-corrected chi connectivity index (χ2v) is 3.57. The van der Waals surface area contributed by atoms with Crippen LogP contribution < -0.4 is 14.2 Å². The van der Waals surface area contributed by atoms with Crippen molar-refractivity contribution in [3.63, 3.8) is 0 Å². The zero-order valence-electron chi connectivity index (χ0n) is 9.14. The van der Waals surface area contributed by atoms with Gasteiger partial charge in [0.15, 0.2) is 11.5 Å². The Balaban J connectivity index is 2.48. The molecule has 0 amide bonds. The molecule has 5 heteroatoms. The maximum atomic E-state index is 9.79. The Hall–Kier alpha value is -1.46. The van der Waals surface area contributed by atoms with Crippen molar-refractivity contribution in [1.82, 2.24) is 0 Å². The Morgan fingerprint density at radius 3 is 2.44 bits per heavy atom. The average molecular weight is 226 g/mol. The molecule has 2 rings (SSSR count). The summed E-state index contributed by atoms with van der Waals surface area (Å²) in [6.45, 7) is 0.0731. The second kappa shape index (κ2) is 4.19. The molecule has 1 aromatic carbocycles. The number of methoxy groups -OCH3 is 2. The maximum absolute atomic E-state index is 9.79. The van der Waals surface area contributed by atoms with Crippen LogP contribution in [0.25, 0.3) is 0 Å². The summed E-state index contributed by atoms with van der Waals surface area (Å²) in [6, 6.07) is 3.25. The number of hydrogen-bond acceptors (Lipinski definition) is 5. The van der Waals surface area contributed by atoms with E-state index in [-0.39, 0.29) is 6.61 Å². The van der Waals surface area contributed by atoms with E-state index in [4.69, 9.17) is 14.2 Å². The third kappa shape index (κ3) is 1.68. The highest BCUT2D eigenvalue weighted by atomic mass is 16.5. The summed E-state index contributed by atoms with van der Waals surface area (Å²) in [5.74, 6) is 1.54. The predicted octanol–water partition coefficient (Wildman–Crippen LogP) is 0.490.